The zero-order valence-electron chi connectivity index (χ0n) is 10.4. The second-order valence-corrected chi connectivity index (χ2v) is 5.56. The molecule has 1 aliphatic carbocycles. The Hall–Kier alpha value is -1.02. The molecule has 17 heavy (non-hydrogen) atoms. The van der Waals surface area contributed by atoms with Crippen molar-refractivity contribution >= 4 is 5.69 Å². The van der Waals surface area contributed by atoms with E-state index < -0.39 is 0 Å². The van der Waals surface area contributed by atoms with Gasteiger partial charge < -0.3 is 10.6 Å². The molecule has 2 nitrogen and oxygen atoms in total. The Morgan fingerprint density at radius 3 is 2.12 bits per heavy atom. The maximum atomic E-state index is 5.74. The fourth-order valence-electron chi connectivity index (χ4n) is 3.25. The first-order chi connectivity index (χ1) is 8.33. The van der Waals surface area contributed by atoms with E-state index in [4.69, 9.17) is 5.73 Å². The average Bonchev–Trinajstić information content (AvgIpc) is 2.29. The van der Waals surface area contributed by atoms with E-state index >= 15 is 0 Å². The maximum Gasteiger partial charge on any atom is 0.0314 e. The van der Waals surface area contributed by atoms with Crippen LogP contribution in [-0.2, 0) is 0 Å². The highest BCUT2D eigenvalue weighted by molar-refractivity contribution is 5.40. The first-order valence-corrected chi connectivity index (χ1v) is 6.92. The van der Waals surface area contributed by atoms with Gasteiger partial charge in [-0.3, -0.25) is 0 Å². The molecule has 0 bridgehead atoms. The largest absolute Gasteiger partial charge is 0.399 e. The van der Waals surface area contributed by atoms with Crippen molar-refractivity contribution in [1.29, 1.82) is 0 Å². The first kappa shape index (κ1) is 11.1. The predicted molar refractivity (Wildman–Crippen MR) is 72.0 cm³/mol. The Bertz CT molecular complexity index is 359. The molecule has 0 unspecified atom stereocenters. The third-order valence-electron chi connectivity index (χ3n) is 4.51. The Labute approximate surface area is 104 Å². The van der Waals surface area contributed by atoms with Crippen molar-refractivity contribution in [3.05, 3.63) is 29.8 Å². The van der Waals surface area contributed by atoms with Crippen molar-refractivity contribution in [2.24, 2.45) is 0 Å². The number of nitrogen functional groups attached to an aromatic ring is 1. The average molecular weight is 230 g/mol. The third-order valence-corrected chi connectivity index (χ3v) is 4.51. The highest BCUT2D eigenvalue weighted by atomic mass is 15.2. The maximum absolute atomic E-state index is 5.74. The predicted octanol–water partition coefficient (Wildman–Crippen LogP) is 3.00. The molecule has 2 aliphatic rings. The van der Waals surface area contributed by atoms with E-state index in [1.807, 2.05) is 12.1 Å². The number of hydrogen-bond donors (Lipinski definition) is 1. The van der Waals surface area contributed by atoms with Crippen LogP contribution < -0.4 is 5.73 Å². The molecule has 1 aromatic carbocycles. The zero-order chi connectivity index (χ0) is 11.7. The number of anilines is 1. The zero-order valence-corrected chi connectivity index (χ0v) is 10.4. The molecular weight excluding hydrogens is 208 g/mol. The van der Waals surface area contributed by atoms with Crippen LogP contribution in [0.5, 0.6) is 0 Å². The van der Waals surface area contributed by atoms with Gasteiger partial charge in [0.05, 0.1) is 0 Å². The quantitative estimate of drug-likeness (QED) is 0.791. The molecule has 0 atom stereocenters. The van der Waals surface area contributed by atoms with Gasteiger partial charge in [0.25, 0.3) is 0 Å². The van der Waals surface area contributed by atoms with Crippen molar-refractivity contribution in [2.45, 2.75) is 44.1 Å². The summed E-state index contributed by atoms with van der Waals surface area (Å²) >= 11 is 0. The normalized spacial score (nSPS) is 29.9. The van der Waals surface area contributed by atoms with Crippen LogP contribution in [0.3, 0.4) is 0 Å². The second-order valence-electron chi connectivity index (χ2n) is 5.56. The van der Waals surface area contributed by atoms with Crippen molar-refractivity contribution in [1.82, 2.24) is 4.90 Å². The lowest BCUT2D eigenvalue weighted by atomic mass is 9.80. The van der Waals surface area contributed by atoms with Gasteiger partial charge in [-0.15, -0.1) is 0 Å². The summed E-state index contributed by atoms with van der Waals surface area (Å²) < 4.78 is 0. The third kappa shape index (κ3) is 2.32. The molecule has 3 rings (SSSR count). The Morgan fingerprint density at radius 2 is 1.59 bits per heavy atom. The lowest BCUT2D eigenvalue weighted by Gasteiger charge is -2.42. The smallest absolute Gasteiger partial charge is 0.0314 e. The highest BCUT2D eigenvalue weighted by Gasteiger charge is 2.29. The lowest BCUT2D eigenvalue weighted by Crippen LogP contribution is -2.46. The monoisotopic (exact) mass is 230 g/mol. The fourth-order valence-corrected chi connectivity index (χ4v) is 3.25. The topological polar surface area (TPSA) is 29.3 Å². The van der Waals surface area contributed by atoms with E-state index in [1.165, 1.54) is 50.8 Å². The van der Waals surface area contributed by atoms with Gasteiger partial charge in [0.2, 0.25) is 0 Å². The van der Waals surface area contributed by atoms with Crippen molar-refractivity contribution in [3.63, 3.8) is 0 Å². The Balaban J connectivity index is 1.58. The number of hydrogen-bond acceptors (Lipinski definition) is 2. The number of likely N-dealkylation sites (tertiary alicyclic amines) is 1. The molecule has 2 fully saturated rings. The standard InChI is InChI=1S/C15H22N2/c16-14-6-2-12(3-7-14)13-4-8-15(9-5-13)17-10-1-11-17/h2-3,6-7,13,15H,1,4-5,8-11,16H2/t13-,15-. The van der Waals surface area contributed by atoms with Crippen molar-refractivity contribution in [3.8, 4) is 0 Å². The van der Waals surface area contributed by atoms with E-state index in [1.54, 1.807) is 0 Å². The molecule has 1 aliphatic heterocycles. The molecule has 2 heteroatoms. The van der Waals surface area contributed by atoms with Gasteiger partial charge in [0, 0.05) is 11.7 Å². The van der Waals surface area contributed by atoms with E-state index in [-0.39, 0.29) is 0 Å². The fraction of sp³-hybridized carbons (Fsp3) is 0.600. The summed E-state index contributed by atoms with van der Waals surface area (Å²) in [5.41, 5.74) is 8.10. The summed E-state index contributed by atoms with van der Waals surface area (Å²) in [6.45, 7) is 2.69. The van der Waals surface area contributed by atoms with E-state index in [9.17, 15) is 0 Å². The molecule has 1 heterocycles. The van der Waals surface area contributed by atoms with Crippen LogP contribution in [0.15, 0.2) is 24.3 Å². The summed E-state index contributed by atoms with van der Waals surface area (Å²) in [4.78, 5) is 2.67. The molecular formula is C15H22N2. The molecule has 0 aromatic heterocycles. The summed E-state index contributed by atoms with van der Waals surface area (Å²) in [5, 5.41) is 0. The van der Waals surface area contributed by atoms with E-state index in [2.05, 4.69) is 17.0 Å². The van der Waals surface area contributed by atoms with Crippen molar-refractivity contribution < 1.29 is 0 Å². The number of nitrogens with two attached hydrogens (primary N) is 1. The molecule has 1 saturated heterocycles. The molecule has 1 saturated carbocycles. The van der Waals surface area contributed by atoms with Crippen LogP contribution in [0.1, 0.15) is 43.6 Å². The second kappa shape index (κ2) is 4.69. The van der Waals surface area contributed by atoms with Gasteiger partial charge in [-0.1, -0.05) is 12.1 Å². The molecule has 2 N–H and O–H groups in total. The van der Waals surface area contributed by atoms with Gasteiger partial charge in [0.1, 0.15) is 0 Å². The van der Waals surface area contributed by atoms with Gasteiger partial charge >= 0.3 is 0 Å². The van der Waals surface area contributed by atoms with Gasteiger partial charge in [-0.25, -0.2) is 0 Å². The highest BCUT2D eigenvalue weighted by Crippen LogP contribution is 2.36. The Morgan fingerprint density at radius 1 is 0.941 bits per heavy atom. The minimum absolute atomic E-state index is 0.771. The van der Waals surface area contributed by atoms with Gasteiger partial charge in [-0.2, -0.15) is 0 Å². The lowest BCUT2D eigenvalue weighted by molar-refractivity contribution is 0.0869. The minimum atomic E-state index is 0.771. The van der Waals surface area contributed by atoms with Gasteiger partial charge in [-0.05, 0) is 68.8 Å². The number of rotatable bonds is 2. The van der Waals surface area contributed by atoms with Crippen LogP contribution in [0.25, 0.3) is 0 Å². The van der Waals surface area contributed by atoms with E-state index in [0.29, 0.717) is 0 Å². The van der Waals surface area contributed by atoms with E-state index in [0.717, 1.165) is 17.6 Å². The number of benzene rings is 1. The summed E-state index contributed by atoms with van der Waals surface area (Å²) in [6, 6.07) is 9.38. The molecule has 0 radical (unpaired) electrons. The van der Waals surface area contributed by atoms with Gasteiger partial charge in [0.15, 0.2) is 0 Å². The minimum Gasteiger partial charge on any atom is -0.399 e. The summed E-state index contributed by atoms with van der Waals surface area (Å²) in [7, 11) is 0. The van der Waals surface area contributed by atoms with Crippen LogP contribution in [0, 0.1) is 0 Å². The van der Waals surface area contributed by atoms with Crippen LogP contribution in [0.2, 0.25) is 0 Å². The molecule has 92 valence electrons. The summed E-state index contributed by atoms with van der Waals surface area (Å²) in [5.74, 6) is 0.771. The van der Waals surface area contributed by atoms with Crippen LogP contribution in [-0.4, -0.2) is 24.0 Å². The Kier molecular flexibility index (Phi) is 3.06. The molecule has 1 aromatic rings. The van der Waals surface area contributed by atoms with Crippen molar-refractivity contribution in [2.75, 3.05) is 18.8 Å². The summed E-state index contributed by atoms with van der Waals surface area (Å²) in [6.07, 6.45) is 6.89. The van der Waals surface area contributed by atoms with Crippen LogP contribution >= 0.6 is 0 Å². The van der Waals surface area contributed by atoms with Crippen LogP contribution in [0.4, 0.5) is 5.69 Å². The first-order valence-electron chi connectivity index (χ1n) is 6.92. The molecule has 0 spiro atoms. The molecule has 0 amide bonds. The SMILES string of the molecule is Nc1ccc([C@H]2CC[C@H](N3CCC3)CC2)cc1. The number of nitrogens with zero attached hydrogens (tertiary/aromatic N) is 1.